The Balaban J connectivity index is 2.63. The average Bonchev–Trinajstić information content (AvgIpc) is 2.53. The third-order valence-corrected chi connectivity index (χ3v) is 4.99. The molecular weight excluding hydrogens is 376 g/mol. The van der Waals surface area contributed by atoms with E-state index in [9.17, 15) is 4.79 Å². The zero-order valence-electron chi connectivity index (χ0n) is 16.2. The van der Waals surface area contributed by atoms with Crippen molar-refractivity contribution in [2.45, 2.75) is 53.9 Å². The molecule has 2 nitrogen and oxygen atoms in total. The van der Waals surface area contributed by atoms with Crippen molar-refractivity contribution in [1.29, 1.82) is 0 Å². The third kappa shape index (κ3) is 8.04. The molecule has 0 bridgehead atoms. The lowest BCUT2D eigenvalue weighted by Crippen LogP contribution is -2.19. The summed E-state index contributed by atoms with van der Waals surface area (Å²) in [5.74, 6) is -0.246. The van der Waals surface area contributed by atoms with E-state index in [-0.39, 0.29) is 16.7 Å². The second-order valence-electron chi connectivity index (χ2n) is 7.30. The van der Waals surface area contributed by atoms with Crippen molar-refractivity contribution in [1.82, 2.24) is 0 Å². The van der Waals surface area contributed by atoms with Gasteiger partial charge in [0.25, 0.3) is 0 Å². The van der Waals surface area contributed by atoms with Crippen molar-refractivity contribution in [3.8, 4) is 0 Å². The van der Waals surface area contributed by atoms with Gasteiger partial charge in [-0.2, -0.15) is 0 Å². The topological polar surface area (TPSA) is 26.3 Å². The molecule has 0 radical (unpaired) electrons. The van der Waals surface area contributed by atoms with Crippen LogP contribution in [0.15, 0.2) is 58.7 Å². The van der Waals surface area contributed by atoms with Crippen LogP contribution in [0, 0.1) is 5.41 Å². The molecule has 0 heterocycles. The Morgan fingerprint density at radius 1 is 1.24 bits per heavy atom. The Kier molecular flexibility index (Phi) is 9.20. The highest BCUT2D eigenvalue weighted by molar-refractivity contribution is 9.09. The standard InChI is InChI=1S/C22H31BrO2/c1-17(8-6-9-18(2)13-15-25-21(24)16-23)11-12-20-19(3)10-7-14-22(20,4)5/h6,8-9,11-13H,7,10,14-16H2,1-5H3/b9-6+,12-11-,17-8-,18-13-. The van der Waals surface area contributed by atoms with Gasteiger partial charge < -0.3 is 4.74 Å². The predicted molar refractivity (Wildman–Crippen MR) is 111 cm³/mol. The fourth-order valence-corrected chi connectivity index (χ4v) is 3.17. The Bertz CT molecular complexity index is 616. The van der Waals surface area contributed by atoms with Crippen molar-refractivity contribution < 1.29 is 9.53 Å². The Morgan fingerprint density at radius 3 is 2.60 bits per heavy atom. The summed E-state index contributed by atoms with van der Waals surface area (Å²) in [5, 5.41) is 0.233. The molecule has 0 aromatic carbocycles. The Hall–Kier alpha value is -1.35. The van der Waals surface area contributed by atoms with Crippen molar-refractivity contribution in [3.05, 3.63) is 58.7 Å². The molecular formula is C22H31BrO2. The lowest BCUT2D eigenvalue weighted by atomic mass is 9.72. The number of esters is 1. The van der Waals surface area contributed by atoms with Gasteiger partial charge in [-0.25, -0.2) is 0 Å². The summed E-state index contributed by atoms with van der Waals surface area (Å²) in [7, 11) is 0. The number of carbonyl (C=O) groups excluding carboxylic acids is 1. The predicted octanol–water partition coefficient (Wildman–Crippen LogP) is 6.46. The number of hydrogen-bond donors (Lipinski definition) is 0. The number of rotatable bonds is 7. The van der Waals surface area contributed by atoms with Crippen LogP contribution in [0.3, 0.4) is 0 Å². The van der Waals surface area contributed by atoms with Gasteiger partial charge in [0.15, 0.2) is 0 Å². The van der Waals surface area contributed by atoms with E-state index in [4.69, 9.17) is 4.74 Å². The van der Waals surface area contributed by atoms with E-state index in [1.165, 1.54) is 36.0 Å². The van der Waals surface area contributed by atoms with Crippen molar-refractivity contribution >= 4 is 21.9 Å². The first-order valence-electron chi connectivity index (χ1n) is 8.88. The van der Waals surface area contributed by atoms with Crippen molar-refractivity contribution in [3.63, 3.8) is 0 Å². The maximum atomic E-state index is 11.0. The molecule has 138 valence electrons. The number of hydrogen-bond acceptors (Lipinski definition) is 2. The molecule has 0 N–H and O–H groups in total. The normalized spacial score (nSPS) is 19.1. The molecule has 25 heavy (non-hydrogen) atoms. The largest absolute Gasteiger partial charge is 0.461 e. The monoisotopic (exact) mass is 406 g/mol. The van der Waals surface area contributed by atoms with Crippen LogP contribution in [0.1, 0.15) is 53.9 Å². The minimum atomic E-state index is -0.246. The Labute approximate surface area is 161 Å². The van der Waals surface area contributed by atoms with Gasteiger partial charge in [0.1, 0.15) is 11.9 Å². The van der Waals surface area contributed by atoms with Crippen LogP contribution in [0.25, 0.3) is 0 Å². The van der Waals surface area contributed by atoms with Crippen LogP contribution in [0.4, 0.5) is 0 Å². The molecule has 0 atom stereocenters. The first-order valence-corrected chi connectivity index (χ1v) is 10.00. The van der Waals surface area contributed by atoms with Gasteiger partial charge in [-0.1, -0.05) is 76.9 Å². The molecule has 0 amide bonds. The molecule has 0 unspecified atom stereocenters. The highest BCUT2D eigenvalue weighted by Gasteiger charge is 2.26. The van der Waals surface area contributed by atoms with Gasteiger partial charge >= 0.3 is 5.97 Å². The van der Waals surface area contributed by atoms with Crippen LogP contribution in [0.2, 0.25) is 0 Å². The Morgan fingerprint density at radius 2 is 1.96 bits per heavy atom. The molecule has 1 rings (SSSR count). The quantitative estimate of drug-likeness (QED) is 0.275. The van der Waals surface area contributed by atoms with E-state index >= 15 is 0 Å². The van der Waals surface area contributed by atoms with Crippen molar-refractivity contribution in [2.24, 2.45) is 5.41 Å². The molecule has 3 heteroatoms. The van der Waals surface area contributed by atoms with E-state index in [1.54, 1.807) is 0 Å². The van der Waals surface area contributed by atoms with Gasteiger partial charge in [-0.15, -0.1) is 0 Å². The summed E-state index contributed by atoms with van der Waals surface area (Å²) in [6, 6.07) is 0. The zero-order valence-corrected chi connectivity index (χ0v) is 17.8. The van der Waals surface area contributed by atoms with Gasteiger partial charge in [0, 0.05) is 0 Å². The van der Waals surface area contributed by atoms with Gasteiger partial charge in [-0.05, 0) is 57.1 Å². The molecule has 0 spiro atoms. The highest BCUT2D eigenvalue weighted by Crippen LogP contribution is 2.40. The summed E-state index contributed by atoms with van der Waals surface area (Å²) in [4.78, 5) is 11.0. The number of allylic oxidation sites excluding steroid dienone is 9. The first kappa shape index (κ1) is 21.7. The molecule has 1 aliphatic carbocycles. The van der Waals surface area contributed by atoms with E-state index in [2.05, 4.69) is 61.9 Å². The van der Waals surface area contributed by atoms with Crippen LogP contribution >= 0.6 is 15.9 Å². The summed E-state index contributed by atoms with van der Waals surface area (Å²) in [6.45, 7) is 11.4. The minimum Gasteiger partial charge on any atom is -0.461 e. The maximum Gasteiger partial charge on any atom is 0.316 e. The summed E-state index contributed by atoms with van der Waals surface area (Å²) in [6.07, 6.45) is 16.3. The fourth-order valence-electron chi connectivity index (χ4n) is 3.01. The molecule has 0 saturated carbocycles. The molecule has 0 aromatic rings. The van der Waals surface area contributed by atoms with E-state index in [0.717, 1.165) is 5.57 Å². The smallest absolute Gasteiger partial charge is 0.316 e. The minimum absolute atomic E-state index is 0.233. The van der Waals surface area contributed by atoms with Crippen molar-refractivity contribution in [2.75, 3.05) is 11.9 Å². The SMILES string of the molecule is CC1=C(\C=C/C(C)=C\C=C\C(C)=C/COC(=O)CBr)C(C)(C)CCC1. The van der Waals surface area contributed by atoms with Gasteiger partial charge in [0.2, 0.25) is 0 Å². The number of halogens is 1. The summed E-state index contributed by atoms with van der Waals surface area (Å²) in [5.41, 5.74) is 5.58. The van der Waals surface area contributed by atoms with Gasteiger partial charge in [-0.3, -0.25) is 4.79 Å². The number of carbonyl (C=O) groups is 1. The summed E-state index contributed by atoms with van der Waals surface area (Å²) < 4.78 is 5.00. The summed E-state index contributed by atoms with van der Waals surface area (Å²) >= 11 is 3.07. The second-order valence-corrected chi connectivity index (χ2v) is 7.86. The molecule has 0 saturated heterocycles. The van der Waals surface area contributed by atoms with E-state index in [0.29, 0.717) is 6.61 Å². The van der Waals surface area contributed by atoms with Gasteiger partial charge in [0.05, 0.1) is 0 Å². The van der Waals surface area contributed by atoms with Crippen LogP contribution < -0.4 is 0 Å². The zero-order chi connectivity index (χ0) is 18.9. The second kappa shape index (κ2) is 10.6. The molecule has 0 fully saturated rings. The van der Waals surface area contributed by atoms with E-state index < -0.39 is 0 Å². The lowest BCUT2D eigenvalue weighted by molar-refractivity contribution is -0.139. The van der Waals surface area contributed by atoms with Crippen LogP contribution in [0.5, 0.6) is 0 Å². The fraction of sp³-hybridized carbons (Fsp3) is 0.500. The van der Waals surface area contributed by atoms with E-state index in [1.807, 2.05) is 25.2 Å². The number of alkyl halides is 1. The maximum absolute atomic E-state index is 11.0. The molecule has 0 aliphatic heterocycles. The average molecular weight is 407 g/mol. The van der Waals surface area contributed by atoms with Crippen LogP contribution in [-0.2, 0) is 9.53 Å². The lowest BCUT2D eigenvalue weighted by Gasteiger charge is -2.32. The highest BCUT2D eigenvalue weighted by atomic mass is 79.9. The molecule has 0 aromatic heterocycles. The third-order valence-electron chi connectivity index (χ3n) is 4.53. The first-order chi connectivity index (χ1) is 11.8. The van der Waals surface area contributed by atoms with Crippen LogP contribution in [-0.4, -0.2) is 17.9 Å². The number of ether oxygens (including phenoxy) is 1. The molecule has 1 aliphatic rings.